The summed E-state index contributed by atoms with van der Waals surface area (Å²) in [4.78, 5) is 0. The van der Waals surface area contributed by atoms with Crippen LogP contribution in [0.25, 0.3) is 0 Å². The molecule has 1 nitrogen and oxygen atoms in total. The molecule has 6 aliphatic carbocycles. The van der Waals surface area contributed by atoms with Gasteiger partial charge in [-0.05, 0) is 97.7 Å². The molecule has 1 spiro atoms. The van der Waals surface area contributed by atoms with Gasteiger partial charge < -0.3 is 5.11 Å². The third-order valence-corrected chi connectivity index (χ3v) is 12.9. The van der Waals surface area contributed by atoms with E-state index in [4.69, 9.17) is 0 Å². The minimum absolute atomic E-state index is 0.0542. The number of rotatable bonds is 0. The van der Waals surface area contributed by atoms with Crippen molar-refractivity contribution in [3.63, 3.8) is 0 Å². The van der Waals surface area contributed by atoms with E-state index in [2.05, 4.69) is 49.4 Å². The third-order valence-electron chi connectivity index (χ3n) is 10.7. The molecule has 0 saturated heterocycles. The van der Waals surface area contributed by atoms with Crippen LogP contribution in [-0.2, 0) is 0 Å². The molecule has 5 saturated carbocycles. The molecule has 1 N–H and O–H groups in total. The first-order valence-electron chi connectivity index (χ1n) is 11.8. The molecule has 0 aromatic carbocycles. The highest BCUT2D eigenvalue weighted by molar-refractivity contribution is 14.1. The molecule has 6 rings (SSSR count). The Hall–Kier alpha value is 0.430. The van der Waals surface area contributed by atoms with Crippen molar-refractivity contribution < 1.29 is 5.11 Å². The maximum atomic E-state index is 10.6. The van der Waals surface area contributed by atoms with Gasteiger partial charge in [0.1, 0.15) is 0 Å². The van der Waals surface area contributed by atoms with E-state index in [1.54, 1.807) is 0 Å². The van der Waals surface area contributed by atoms with Crippen LogP contribution in [0.2, 0.25) is 0 Å². The van der Waals surface area contributed by atoms with E-state index < -0.39 is 0 Å². The van der Waals surface area contributed by atoms with Crippen molar-refractivity contribution in [2.75, 3.05) is 0 Å². The van der Waals surface area contributed by atoms with Gasteiger partial charge in [0.25, 0.3) is 0 Å². The zero-order valence-electron chi connectivity index (χ0n) is 17.6. The molecule has 9 atom stereocenters. The fraction of sp³-hybridized carbons (Fsp3) is 0.920. The van der Waals surface area contributed by atoms with Gasteiger partial charge >= 0.3 is 0 Å². The number of allylic oxidation sites excluding steroid dienone is 2. The topological polar surface area (TPSA) is 20.2 Å². The fourth-order valence-electron chi connectivity index (χ4n) is 9.15. The van der Waals surface area contributed by atoms with Gasteiger partial charge in [0.05, 0.1) is 6.10 Å². The summed E-state index contributed by atoms with van der Waals surface area (Å²) in [5.74, 6) is 2.96. The highest BCUT2D eigenvalue weighted by Crippen LogP contribution is 2.71. The standard InChI is InChI=1S/C25H39IO/c1-16-18-9-15-25-12-5-4-11-23(2)13-8-19(25)17(22(23)26)6-7-21(25)24(18,3)14-10-20(16)27/h6,16,18-22,27H,4-5,7-15H2,1-3H3. The lowest BCUT2D eigenvalue weighted by Gasteiger charge is -2.66. The predicted octanol–water partition coefficient (Wildman–Crippen LogP) is 6.92. The van der Waals surface area contributed by atoms with Gasteiger partial charge in [0.15, 0.2) is 0 Å². The number of aliphatic hydroxyl groups is 1. The van der Waals surface area contributed by atoms with Gasteiger partial charge in [0.2, 0.25) is 0 Å². The zero-order chi connectivity index (χ0) is 19.0. The van der Waals surface area contributed by atoms with Crippen LogP contribution in [0.4, 0.5) is 0 Å². The largest absolute Gasteiger partial charge is 0.393 e. The lowest BCUT2D eigenvalue weighted by Crippen LogP contribution is -2.59. The molecule has 0 radical (unpaired) electrons. The molecule has 2 heteroatoms. The molecule has 5 fully saturated rings. The predicted molar refractivity (Wildman–Crippen MR) is 121 cm³/mol. The lowest BCUT2D eigenvalue weighted by molar-refractivity contribution is -0.159. The Bertz CT molecular complexity index is 642. The molecule has 0 heterocycles. The van der Waals surface area contributed by atoms with Crippen molar-refractivity contribution in [2.45, 2.75) is 101 Å². The number of fused-ring (bicyclic) bond motifs is 6. The second-order valence-corrected chi connectivity index (χ2v) is 12.9. The zero-order valence-corrected chi connectivity index (χ0v) is 19.8. The molecule has 9 unspecified atom stereocenters. The Labute approximate surface area is 180 Å². The molecule has 0 aliphatic heterocycles. The second kappa shape index (κ2) is 6.46. The number of alkyl halides is 1. The van der Waals surface area contributed by atoms with Gasteiger partial charge in [-0.15, -0.1) is 0 Å². The summed E-state index contributed by atoms with van der Waals surface area (Å²) in [6.07, 6.45) is 17.9. The van der Waals surface area contributed by atoms with Crippen molar-refractivity contribution in [3.8, 4) is 0 Å². The molecular weight excluding hydrogens is 443 g/mol. The van der Waals surface area contributed by atoms with Crippen LogP contribution in [0.1, 0.15) is 91.4 Å². The van der Waals surface area contributed by atoms with E-state index in [0.717, 1.165) is 28.1 Å². The van der Waals surface area contributed by atoms with E-state index in [0.29, 0.717) is 22.2 Å². The lowest BCUT2D eigenvalue weighted by atomic mass is 9.39. The Morgan fingerprint density at radius 3 is 2.59 bits per heavy atom. The number of aliphatic hydroxyl groups excluding tert-OH is 1. The van der Waals surface area contributed by atoms with Gasteiger partial charge in [-0.2, -0.15) is 0 Å². The molecule has 27 heavy (non-hydrogen) atoms. The summed E-state index contributed by atoms with van der Waals surface area (Å²) < 4.78 is 0.766. The normalized spacial score (nSPS) is 57.6. The Morgan fingerprint density at radius 2 is 1.78 bits per heavy atom. The average molecular weight is 482 g/mol. The monoisotopic (exact) mass is 482 g/mol. The first-order chi connectivity index (χ1) is 12.8. The summed E-state index contributed by atoms with van der Waals surface area (Å²) in [6, 6.07) is 0. The van der Waals surface area contributed by atoms with E-state index in [9.17, 15) is 5.11 Å². The van der Waals surface area contributed by atoms with Crippen LogP contribution in [0.5, 0.6) is 0 Å². The Morgan fingerprint density at radius 1 is 1.00 bits per heavy atom. The van der Waals surface area contributed by atoms with Crippen LogP contribution in [0.3, 0.4) is 0 Å². The van der Waals surface area contributed by atoms with Crippen molar-refractivity contribution in [1.82, 2.24) is 0 Å². The van der Waals surface area contributed by atoms with Gasteiger partial charge in [-0.25, -0.2) is 0 Å². The van der Waals surface area contributed by atoms with Crippen LogP contribution in [0.15, 0.2) is 11.6 Å². The quantitative estimate of drug-likeness (QED) is 0.226. The van der Waals surface area contributed by atoms with Crippen molar-refractivity contribution in [3.05, 3.63) is 11.6 Å². The summed E-state index contributed by atoms with van der Waals surface area (Å²) in [5.41, 5.74) is 3.45. The van der Waals surface area contributed by atoms with Crippen molar-refractivity contribution >= 4 is 22.6 Å². The number of hydrogen-bond acceptors (Lipinski definition) is 1. The first kappa shape index (κ1) is 19.4. The molecule has 0 amide bonds. The van der Waals surface area contributed by atoms with Gasteiger partial charge in [-0.3, -0.25) is 0 Å². The maximum absolute atomic E-state index is 10.6. The third kappa shape index (κ3) is 2.56. The van der Waals surface area contributed by atoms with Crippen LogP contribution < -0.4 is 0 Å². The van der Waals surface area contributed by atoms with E-state index >= 15 is 0 Å². The summed E-state index contributed by atoms with van der Waals surface area (Å²) >= 11 is 2.84. The number of halogens is 1. The summed E-state index contributed by atoms with van der Waals surface area (Å²) in [6.45, 7) is 7.59. The van der Waals surface area contributed by atoms with Gasteiger partial charge in [0, 0.05) is 3.92 Å². The fourth-order valence-corrected chi connectivity index (χ4v) is 10.5. The molecule has 152 valence electrons. The van der Waals surface area contributed by atoms with Gasteiger partial charge in [-0.1, -0.05) is 67.9 Å². The highest BCUT2D eigenvalue weighted by Gasteiger charge is 2.63. The minimum atomic E-state index is -0.0542. The van der Waals surface area contributed by atoms with E-state index in [1.807, 2.05) is 5.57 Å². The SMILES string of the molecule is CC1C(O)CCC2(C)C1CCC13CCCCC4(C)CCC1C(=CCC23)C4I. The smallest absolute Gasteiger partial charge is 0.0568 e. The van der Waals surface area contributed by atoms with E-state index in [-0.39, 0.29) is 6.10 Å². The molecular formula is C25H39IO. The van der Waals surface area contributed by atoms with Crippen molar-refractivity contribution in [2.24, 2.45) is 39.9 Å². The molecule has 0 aromatic rings. The molecule has 6 aliphatic rings. The van der Waals surface area contributed by atoms with Crippen molar-refractivity contribution in [1.29, 1.82) is 0 Å². The highest BCUT2D eigenvalue weighted by atomic mass is 127. The minimum Gasteiger partial charge on any atom is -0.393 e. The van der Waals surface area contributed by atoms with Crippen LogP contribution in [0, 0.1) is 39.9 Å². The second-order valence-electron chi connectivity index (χ2n) is 11.7. The summed E-state index contributed by atoms with van der Waals surface area (Å²) in [5, 5.41) is 10.6. The Balaban J connectivity index is 1.59. The molecule has 4 bridgehead atoms. The van der Waals surface area contributed by atoms with Crippen LogP contribution >= 0.6 is 22.6 Å². The first-order valence-corrected chi connectivity index (χ1v) is 13.1. The summed E-state index contributed by atoms with van der Waals surface area (Å²) in [7, 11) is 0. The average Bonchev–Trinajstić information content (AvgIpc) is 2.73. The Kier molecular flexibility index (Phi) is 4.64. The number of hydrogen-bond donors (Lipinski definition) is 1. The maximum Gasteiger partial charge on any atom is 0.0568 e. The molecule has 0 aromatic heterocycles. The van der Waals surface area contributed by atoms with Crippen LogP contribution in [-0.4, -0.2) is 15.1 Å². The van der Waals surface area contributed by atoms with E-state index in [1.165, 1.54) is 64.2 Å².